The maximum Gasteiger partial charge on any atom is 0.337 e. The van der Waals surface area contributed by atoms with E-state index in [0.717, 1.165) is 11.3 Å². The third kappa shape index (κ3) is 3.55. The lowest BCUT2D eigenvalue weighted by molar-refractivity contribution is 0.0600. The molecule has 7 heteroatoms. The summed E-state index contributed by atoms with van der Waals surface area (Å²) >= 11 is 0. The van der Waals surface area contributed by atoms with Crippen molar-refractivity contribution in [2.75, 3.05) is 12.4 Å². The van der Waals surface area contributed by atoms with Gasteiger partial charge in [0.25, 0.3) is 5.91 Å². The molecule has 0 aliphatic rings. The van der Waals surface area contributed by atoms with Gasteiger partial charge in [-0.25, -0.2) is 4.79 Å². The van der Waals surface area contributed by atoms with E-state index >= 15 is 0 Å². The molecule has 0 unspecified atom stereocenters. The second-order valence-corrected chi connectivity index (χ2v) is 5.33. The summed E-state index contributed by atoms with van der Waals surface area (Å²) in [6.07, 6.45) is 1.40. The van der Waals surface area contributed by atoms with Gasteiger partial charge in [0.2, 0.25) is 0 Å². The smallest absolute Gasteiger partial charge is 0.337 e. The SMILES string of the molecule is COC(=O)c1ccc(NC(=O)c2cnn(-c3ccccc3)n2)c(C)c1. The van der Waals surface area contributed by atoms with Gasteiger partial charge in [0.1, 0.15) is 0 Å². The van der Waals surface area contributed by atoms with Crippen molar-refractivity contribution in [3.8, 4) is 5.69 Å². The molecule has 0 spiro atoms. The lowest BCUT2D eigenvalue weighted by atomic mass is 10.1. The highest BCUT2D eigenvalue weighted by Gasteiger charge is 2.14. The Hall–Kier alpha value is -3.48. The van der Waals surface area contributed by atoms with E-state index in [2.05, 4.69) is 20.3 Å². The summed E-state index contributed by atoms with van der Waals surface area (Å²) in [5.74, 6) is -0.803. The minimum atomic E-state index is -0.424. The molecule has 1 amide bonds. The Morgan fingerprint density at radius 3 is 2.56 bits per heavy atom. The fourth-order valence-electron chi connectivity index (χ4n) is 2.29. The number of nitrogens with one attached hydrogen (secondary N) is 1. The van der Waals surface area contributed by atoms with E-state index in [1.54, 1.807) is 25.1 Å². The number of para-hydroxylation sites is 1. The van der Waals surface area contributed by atoms with E-state index in [1.165, 1.54) is 18.1 Å². The number of benzene rings is 2. The molecule has 0 saturated heterocycles. The van der Waals surface area contributed by atoms with E-state index < -0.39 is 5.97 Å². The van der Waals surface area contributed by atoms with Gasteiger partial charge in [0.15, 0.2) is 5.69 Å². The normalized spacial score (nSPS) is 10.3. The number of hydrogen-bond donors (Lipinski definition) is 1. The van der Waals surface area contributed by atoms with Crippen LogP contribution in [0.5, 0.6) is 0 Å². The van der Waals surface area contributed by atoms with Gasteiger partial charge in [-0.3, -0.25) is 4.79 Å². The highest BCUT2D eigenvalue weighted by Crippen LogP contribution is 2.18. The maximum absolute atomic E-state index is 12.4. The molecule has 1 heterocycles. The average Bonchev–Trinajstić information content (AvgIpc) is 3.13. The van der Waals surface area contributed by atoms with Gasteiger partial charge in [-0.05, 0) is 42.8 Å². The topological polar surface area (TPSA) is 86.1 Å². The molecular formula is C18H16N4O3. The Labute approximate surface area is 144 Å². The van der Waals surface area contributed by atoms with Gasteiger partial charge >= 0.3 is 5.97 Å². The first kappa shape index (κ1) is 16.4. The summed E-state index contributed by atoms with van der Waals surface area (Å²) in [7, 11) is 1.32. The zero-order valence-electron chi connectivity index (χ0n) is 13.8. The van der Waals surface area contributed by atoms with Gasteiger partial charge in [-0.2, -0.15) is 9.90 Å². The number of aromatic nitrogens is 3. The first-order valence-electron chi connectivity index (χ1n) is 7.56. The largest absolute Gasteiger partial charge is 0.465 e. The molecule has 3 rings (SSSR count). The first-order chi connectivity index (χ1) is 12.1. The Morgan fingerprint density at radius 2 is 1.88 bits per heavy atom. The molecule has 0 aliphatic heterocycles. The number of nitrogens with zero attached hydrogens (tertiary/aromatic N) is 3. The molecule has 0 saturated carbocycles. The van der Waals surface area contributed by atoms with Crippen molar-refractivity contribution in [3.63, 3.8) is 0 Å². The van der Waals surface area contributed by atoms with Crippen molar-refractivity contribution >= 4 is 17.6 Å². The molecule has 0 fully saturated rings. The van der Waals surface area contributed by atoms with E-state index in [1.807, 2.05) is 30.3 Å². The molecule has 0 atom stereocenters. The Bertz CT molecular complexity index is 919. The first-order valence-corrected chi connectivity index (χ1v) is 7.56. The summed E-state index contributed by atoms with van der Waals surface area (Å²) in [4.78, 5) is 25.3. The lowest BCUT2D eigenvalue weighted by Crippen LogP contribution is -2.14. The molecule has 1 N–H and O–H groups in total. The van der Waals surface area contributed by atoms with Crippen LogP contribution in [0, 0.1) is 6.92 Å². The minimum absolute atomic E-state index is 0.195. The highest BCUT2D eigenvalue weighted by molar-refractivity contribution is 6.03. The minimum Gasteiger partial charge on any atom is -0.465 e. The van der Waals surface area contributed by atoms with Crippen LogP contribution in [-0.4, -0.2) is 34.0 Å². The van der Waals surface area contributed by atoms with Crippen LogP contribution < -0.4 is 5.32 Å². The standard InChI is InChI=1S/C18H16N4O3/c1-12-10-13(18(24)25-2)8-9-15(12)20-17(23)16-11-19-22(21-16)14-6-4-3-5-7-14/h3-11H,1-2H3,(H,20,23). The van der Waals surface area contributed by atoms with E-state index in [4.69, 9.17) is 0 Å². The number of aryl methyl sites for hydroxylation is 1. The third-order valence-electron chi connectivity index (χ3n) is 3.61. The number of rotatable bonds is 4. The van der Waals surface area contributed by atoms with Crippen LogP contribution in [0.3, 0.4) is 0 Å². The van der Waals surface area contributed by atoms with Crippen LogP contribution in [-0.2, 0) is 4.74 Å². The summed E-state index contributed by atoms with van der Waals surface area (Å²) in [6.45, 7) is 1.79. The number of amides is 1. The monoisotopic (exact) mass is 336 g/mol. The van der Waals surface area contributed by atoms with Gasteiger partial charge < -0.3 is 10.1 Å². The molecule has 0 radical (unpaired) electrons. The molecular weight excluding hydrogens is 320 g/mol. The summed E-state index contributed by atoms with van der Waals surface area (Å²) < 4.78 is 4.68. The molecule has 126 valence electrons. The zero-order valence-corrected chi connectivity index (χ0v) is 13.8. The van der Waals surface area contributed by atoms with Crippen molar-refractivity contribution in [3.05, 3.63) is 71.5 Å². The second kappa shape index (κ2) is 6.96. The van der Waals surface area contributed by atoms with Crippen LogP contribution >= 0.6 is 0 Å². The van der Waals surface area contributed by atoms with E-state index in [-0.39, 0.29) is 11.6 Å². The Balaban J connectivity index is 1.77. The Kier molecular flexibility index (Phi) is 4.56. The fraction of sp³-hybridized carbons (Fsp3) is 0.111. The molecule has 7 nitrogen and oxygen atoms in total. The van der Waals surface area contributed by atoms with E-state index in [0.29, 0.717) is 11.3 Å². The maximum atomic E-state index is 12.4. The van der Waals surface area contributed by atoms with Gasteiger partial charge in [0.05, 0.1) is 24.6 Å². The molecule has 3 aromatic rings. The van der Waals surface area contributed by atoms with Gasteiger partial charge in [-0.15, -0.1) is 5.10 Å². The average molecular weight is 336 g/mol. The molecule has 25 heavy (non-hydrogen) atoms. The van der Waals surface area contributed by atoms with Crippen LogP contribution in [0.1, 0.15) is 26.4 Å². The number of carbonyl (C=O) groups excluding carboxylic acids is 2. The van der Waals surface area contributed by atoms with Gasteiger partial charge in [-0.1, -0.05) is 18.2 Å². The van der Waals surface area contributed by atoms with Crippen LogP contribution in [0.4, 0.5) is 5.69 Å². The van der Waals surface area contributed by atoms with Crippen molar-refractivity contribution < 1.29 is 14.3 Å². The van der Waals surface area contributed by atoms with Crippen molar-refractivity contribution in [2.24, 2.45) is 0 Å². The summed E-state index contributed by atoms with van der Waals surface area (Å²) in [5.41, 5.74) is 2.71. The predicted octanol–water partition coefficient (Wildman–Crippen LogP) is 2.61. The quantitative estimate of drug-likeness (QED) is 0.740. The zero-order chi connectivity index (χ0) is 17.8. The second-order valence-electron chi connectivity index (χ2n) is 5.33. The Morgan fingerprint density at radius 1 is 1.12 bits per heavy atom. The van der Waals surface area contributed by atoms with Crippen molar-refractivity contribution in [2.45, 2.75) is 6.92 Å². The third-order valence-corrected chi connectivity index (χ3v) is 3.61. The number of esters is 1. The van der Waals surface area contributed by atoms with Gasteiger partial charge in [0, 0.05) is 5.69 Å². The molecule has 0 bridgehead atoms. The van der Waals surface area contributed by atoms with Crippen LogP contribution in [0.2, 0.25) is 0 Å². The predicted molar refractivity (Wildman–Crippen MR) is 91.8 cm³/mol. The lowest BCUT2D eigenvalue weighted by Gasteiger charge is -2.08. The number of anilines is 1. The fourth-order valence-corrected chi connectivity index (χ4v) is 2.29. The summed E-state index contributed by atoms with van der Waals surface area (Å²) in [5, 5.41) is 11.1. The van der Waals surface area contributed by atoms with E-state index in [9.17, 15) is 9.59 Å². The molecule has 1 aromatic heterocycles. The number of carbonyl (C=O) groups is 2. The number of ether oxygens (including phenoxy) is 1. The summed E-state index contributed by atoms with van der Waals surface area (Å²) in [6, 6.07) is 14.2. The molecule has 0 aliphatic carbocycles. The number of methoxy groups -OCH3 is 1. The van der Waals surface area contributed by atoms with Crippen molar-refractivity contribution in [1.29, 1.82) is 0 Å². The number of hydrogen-bond acceptors (Lipinski definition) is 5. The van der Waals surface area contributed by atoms with Crippen LogP contribution in [0.25, 0.3) is 5.69 Å². The highest BCUT2D eigenvalue weighted by atomic mass is 16.5. The molecule has 2 aromatic carbocycles. The van der Waals surface area contributed by atoms with Crippen molar-refractivity contribution in [1.82, 2.24) is 15.0 Å². The van der Waals surface area contributed by atoms with Crippen LogP contribution in [0.15, 0.2) is 54.7 Å².